The molecular formula is C18H14ClFN2OS. The van der Waals surface area contributed by atoms with Crippen molar-refractivity contribution in [3.8, 4) is 10.6 Å². The summed E-state index contributed by atoms with van der Waals surface area (Å²) in [6, 6.07) is 11.7. The Bertz CT molecular complexity index is 894. The second-order valence-corrected chi connectivity index (χ2v) is 6.63. The second kappa shape index (κ2) is 7.11. The van der Waals surface area contributed by atoms with Crippen LogP contribution in [0.25, 0.3) is 10.6 Å². The molecule has 122 valence electrons. The Morgan fingerprint density at radius 3 is 2.88 bits per heavy atom. The predicted octanol–water partition coefficient (Wildman–Crippen LogP) is 5.09. The van der Waals surface area contributed by atoms with E-state index in [0.717, 1.165) is 10.6 Å². The Kier molecular flexibility index (Phi) is 4.92. The van der Waals surface area contributed by atoms with Crippen molar-refractivity contribution in [1.29, 1.82) is 0 Å². The van der Waals surface area contributed by atoms with E-state index in [1.165, 1.54) is 23.5 Å². The topological polar surface area (TPSA) is 42.0 Å². The van der Waals surface area contributed by atoms with Crippen LogP contribution >= 0.6 is 22.9 Å². The first kappa shape index (κ1) is 16.6. The summed E-state index contributed by atoms with van der Waals surface area (Å²) in [5.74, 6) is -0.510. The number of benzene rings is 2. The van der Waals surface area contributed by atoms with Gasteiger partial charge in [-0.3, -0.25) is 4.79 Å². The van der Waals surface area contributed by atoms with Crippen molar-refractivity contribution < 1.29 is 9.18 Å². The molecule has 0 aliphatic rings. The Balaban J connectivity index is 1.69. The molecule has 24 heavy (non-hydrogen) atoms. The summed E-state index contributed by atoms with van der Waals surface area (Å²) >= 11 is 7.45. The highest BCUT2D eigenvalue weighted by Crippen LogP contribution is 2.26. The molecule has 0 aliphatic carbocycles. The zero-order valence-electron chi connectivity index (χ0n) is 12.8. The van der Waals surface area contributed by atoms with Gasteiger partial charge in [-0.25, -0.2) is 9.37 Å². The zero-order valence-corrected chi connectivity index (χ0v) is 14.4. The monoisotopic (exact) mass is 360 g/mol. The van der Waals surface area contributed by atoms with E-state index in [1.54, 1.807) is 19.1 Å². The van der Waals surface area contributed by atoms with Gasteiger partial charge in [-0.2, -0.15) is 0 Å². The van der Waals surface area contributed by atoms with Gasteiger partial charge in [-0.15, -0.1) is 11.3 Å². The van der Waals surface area contributed by atoms with E-state index >= 15 is 0 Å². The van der Waals surface area contributed by atoms with Crippen LogP contribution in [0.4, 0.5) is 10.1 Å². The molecule has 1 N–H and O–H groups in total. The predicted molar refractivity (Wildman–Crippen MR) is 96.0 cm³/mol. The van der Waals surface area contributed by atoms with E-state index in [-0.39, 0.29) is 18.1 Å². The maximum absolute atomic E-state index is 13.1. The molecule has 6 heteroatoms. The number of amides is 1. The second-order valence-electron chi connectivity index (χ2n) is 5.34. The SMILES string of the molecule is Cc1cc(F)ccc1NC(=O)Cc1csc(-c2cccc(Cl)c2)n1. The van der Waals surface area contributed by atoms with Crippen molar-refractivity contribution in [2.45, 2.75) is 13.3 Å². The van der Waals surface area contributed by atoms with Crippen LogP contribution in [0.5, 0.6) is 0 Å². The third-order valence-electron chi connectivity index (χ3n) is 3.43. The molecule has 1 amide bonds. The first-order valence-electron chi connectivity index (χ1n) is 7.27. The van der Waals surface area contributed by atoms with Gasteiger partial charge < -0.3 is 5.32 Å². The highest BCUT2D eigenvalue weighted by Gasteiger charge is 2.11. The normalized spacial score (nSPS) is 10.6. The average Bonchev–Trinajstić information content (AvgIpc) is 2.98. The van der Waals surface area contributed by atoms with Gasteiger partial charge in [0, 0.05) is 21.7 Å². The molecular weight excluding hydrogens is 347 g/mol. The van der Waals surface area contributed by atoms with Crippen LogP contribution in [0.2, 0.25) is 5.02 Å². The van der Waals surface area contributed by atoms with Crippen LogP contribution < -0.4 is 5.32 Å². The van der Waals surface area contributed by atoms with Crippen LogP contribution in [-0.2, 0) is 11.2 Å². The van der Waals surface area contributed by atoms with Crippen molar-refractivity contribution in [2.24, 2.45) is 0 Å². The Labute approximate surface area is 148 Å². The largest absolute Gasteiger partial charge is 0.326 e. The van der Waals surface area contributed by atoms with Crippen molar-refractivity contribution in [3.05, 3.63) is 69.9 Å². The number of rotatable bonds is 4. The standard InChI is InChI=1S/C18H14ClFN2OS/c1-11-7-14(20)5-6-16(11)22-17(23)9-15-10-24-18(21-15)12-3-2-4-13(19)8-12/h2-8,10H,9H2,1H3,(H,22,23). The smallest absolute Gasteiger partial charge is 0.230 e. The number of nitrogens with zero attached hydrogens (tertiary/aromatic N) is 1. The zero-order chi connectivity index (χ0) is 17.1. The minimum atomic E-state index is -0.323. The van der Waals surface area contributed by atoms with Crippen LogP contribution in [0, 0.1) is 12.7 Å². The summed E-state index contributed by atoms with van der Waals surface area (Å²) in [5.41, 5.74) is 2.90. The molecule has 0 unspecified atom stereocenters. The third kappa shape index (κ3) is 3.99. The number of thiazole rings is 1. The number of aromatic nitrogens is 1. The molecule has 3 aromatic rings. The number of hydrogen-bond donors (Lipinski definition) is 1. The number of carbonyl (C=O) groups is 1. The fourth-order valence-corrected chi connectivity index (χ4v) is 3.28. The van der Waals surface area contributed by atoms with Crippen LogP contribution in [0.1, 0.15) is 11.3 Å². The van der Waals surface area contributed by atoms with Crippen LogP contribution in [0.15, 0.2) is 47.8 Å². The molecule has 0 radical (unpaired) electrons. The molecule has 3 rings (SSSR count). The average molecular weight is 361 g/mol. The fourth-order valence-electron chi connectivity index (χ4n) is 2.27. The number of nitrogens with one attached hydrogen (secondary N) is 1. The lowest BCUT2D eigenvalue weighted by Crippen LogP contribution is -2.15. The van der Waals surface area contributed by atoms with E-state index in [4.69, 9.17) is 11.6 Å². The van der Waals surface area contributed by atoms with E-state index in [0.29, 0.717) is 22.0 Å². The molecule has 2 aromatic carbocycles. The first-order chi connectivity index (χ1) is 11.5. The highest BCUT2D eigenvalue weighted by atomic mass is 35.5. The minimum Gasteiger partial charge on any atom is -0.326 e. The number of hydrogen-bond acceptors (Lipinski definition) is 3. The van der Waals surface area contributed by atoms with Gasteiger partial charge in [0.25, 0.3) is 0 Å². The number of anilines is 1. The Morgan fingerprint density at radius 1 is 1.29 bits per heavy atom. The molecule has 1 aromatic heterocycles. The van der Waals surface area contributed by atoms with Crippen LogP contribution in [0.3, 0.4) is 0 Å². The van der Waals surface area contributed by atoms with Gasteiger partial charge in [0.15, 0.2) is 0 Å². The third-order valence-corrected chi connectivity index (χ3v) is 4.60. The number of aryl methyl sites for hydroxylation is 1. The van der Waals surface area contributed by atoms with Crippen molar-refractivity contribution in [3.63, 3.8) is 0 Å². The van der Waals surface area contributed by atoms with Crippen LogP contribution in [-0.4, -0.2) is 10.9 Å². The highest BCUT2D eigenvalue weighted by molar-refractivity contribution is 7.13. The van der Waals surface area contributed by atoms with E-state index < -0.39 is 0 Å². The minimum absolute atomic E-state index is 0.161. The molecule has 0 saturated carbocycles. The quantitative estimate of drug-likeness (QED) is 0.704. The lowest BCUT2D eigenvalue weighted by molar-refractivity contribution is -0.115. The van der Waals surface area contributed by atoms with Crippen molar-refractivity contribution in [2.75, 3.05) is 5.32 Å². The molecule has 0 aliphatic heterocycles. The summed E-state index contributed by atoms with van der Waals surface area (Å²) in [7, 11) is 0. The summed E-state index contributed by atoms with van der Waals surface area (Å²) in [6.07, 6.45) is 0.161. The summed E-state index contributed by atoms with van der Waals surface area (Å²) in [5, 5.41) is 6.10. The first-order valence-corrected chi connectivity index (χ1v) is 8.53. The van der Waals surface area contributed by atoms with Gasteiger partial charge in [0.2, 0.25) is 5.91 Å². The fraction of sp³-hybridized carbons (Fsp3) is 0.111. The number of carbonyl (C=O) groups excluding carboxylic acids is 1. The molecule has 0 fully saturated rings. The van der Waals surface area contributed by atoms with Gasteiger partial charge >= 0.3 is 0 Å². The molecule has 3 nitrogen and oxygen atoms in total. The van der Waals surface area contributed by atoms with Gasteiger partial charge in [-0.1, -0.05) is 23.7 Å². The van der Waals surface area contributed by atoms with E-state index in [2.05, 4.69) is 10.3 Å². The van der Waals surface area contributed by atoms with Gasteiger partial charge in [0.05, 0.1) is 12.1 Å². The van der Waals surface area contributed by atoms with Crippen molar-refractivity contribution >= 4 is 34.5 Å². The summed E-state index contributed by atoms with van der Waals surface area (Å²) < 4.78 is 13.1. The molecule has 0 spiro atoms. The Hall–Kier alpha value is -2.24. The van der Waals surface area contributed by atoms with Gasteiger partial charge in [-0.05, 0) is 42.8 Å². The lowest BCUT2D eigenvalue weighted by Gasteiger charge is -2.07. The van der Waals surface area contributed by atoms with E-state index in [1.807, 2.05) is 23.6 Å². The summed E-state index contributed by atoms with van der Waals surface area (Å²) in [6.45, 7) is 1.75. The Morgan fingerprint density at radius 2 is 2.12 bits per heavy atom. The molecule has 0 saturated heterocycles. The molecule has 0 bridgehead atoms. The molecule has 1 heterocycles. The van der Waals surface area contributed by atoms with Crippen molar-refractivity contribution in [1.82, 2.24) is 4.98 Å². The summed E-state index contributed by atoms with van der Waals surface area (Å²) in [4.78, 5) is 16.6. The maximum Gasteiger partial charge on any atom is 0.230 e. The maximum atomic E-state index is 13.1. The lowest BCUT2D eigenvalue weighted by atomic mass is 10.2. The number of halogens is 2. The van der Waals surface area contributed by atoms with Gasteiger partial charge in [0.1, 0.15) is 10.8 Å². The van der Waals surface area contributed by atoms with E-state index in [9.17, 15) is 9.18 Å². The molecule has 0 atom stereocenters.